The zero-order chi connectivity index (χ0) is 10.3. The van der Waals surface area contributed by atoms with Crippen LogP contribution in [0.3, 0.4) is 0 Å². The molecular formula is C8H4BrF3N2. The summed E-state index contributed by atoms with van der Waals surface area (Å²) in [6, 6.07) is 1.01. The van der Waals surface area contributed by atoms with Gasteiger partial charge in [0.05, 0.1) is 17.3 Å². The molecule has 0 aliphatic rings. The van der Waals surface area contributed by atoms with E-state index in [1.165, 1.54) is 6.20 Å². The Morgan fingerprint density at radius 2 is 2.14 bits per heavy atom. The molecule has 2 rings (SSSR count). The second kappa shape index (κ2) is 3.27. The highest BCUT2D eigenvalue weighted by Crippen LogP contribution is 2.34. The molecule has 0 aliphatic heterocycles. The highest BCUT2D eigenvalue weighted by Gasteiger charge is 2.20. The minimum Gasteiger partial charge on any atom is -0.278 e. The van der Waals surface area contributed by atoms with Gasteiger partial charge in [-0.05, 0) is 15.9 Å². The summed E-state index contributed by atoms with van der Waals surface area (Å²) in [5, 5.41) is 6.59. The van der Waals surface area contributed by atoms with Crippen molar-refractivity contribution in [2.24, 2.45) is 0 Å². The Labute approximate surface area is 85.2 Å². The van der Waals surface area contributed by atoms with Crippen molar-refractivity contribution in [1.82, 2.24) is 10.2 Å². The van der Waals surface area contributed by atoms with Gasteiger partial charge in [-0.25, -0.2) is 13.2 Å². The van der Waals surface area contributed by atoms with Gasteiger partial charge in [-0.2, -0.15) is 5.10 Å². The molecule has 2 aromatic rings. The molecule has 0 fully saturated rings. The van der Waals surface area contributed by atoms with Crippen LogP contribution < -0.4 is 0 Å². The second-order valence-electron chi connectivity index (χ2n) is 2.72. The molecular weight excluding hydrogens is 261 g/mol. The summed E-state index contributed by atoms with van der Waals surface area (Å²) >= 11 is 2.93. The molecule has 2 nitrogen and oxygen atoms in total. The SMILES string of the molecule is Fc1cc2[nH]ncc2c(Br)c1C(F)F. The number of aromatic nitrogens is 2. The molecule has 0 atom stereocenters. The first-order chi connectivity index (χ1) is 6.61. The lowest BCUT2D eigenvalue weighted by atomic mass is 10.1. The number of alkyl halides is 2. The zero-order valence-electron chi connectivity index (χ0n) is 6.69. The van der Waals surface area contributed by atoms with Crippen LogP contribution >= 0.6 is 15.9 Å². The topological polar surface area (TPSA) is 28.7 Å². The molecule has 0 bridgehead atoms. The summed E-state index contributed by atoms with van der Waals surface area (Å²) in [5.74, 6) is -0.941. The smallest absolute Gasteiger partial charge is 0.267 e. The standard InChI is InChI=1S/C8H4BrF3N2/c9-7-3-2-13-14-5(3)1-4(10)6(7)8(11)12/h1-2,8H,(H,13,14). The molecule has 74 valence electrons. The number of benzene rings is 1. The quantitative estimate of drug-likeness (QED) is 0.841. The van der Waals surface area contributed by atoms with E-state index in [0.29, 0.717) is 10.9 Å². The Morgan fingerprint density at radius 1 is 1.43 bits per heavy atom. The van der Waals surface area contributed by atoms with Gasteiger partial charge in [0, 0.05) is 15.9 Å². The number of hydrogen-bond donors (Lipinski definition) is 1. The largest absolute Gasteiger partial charge is 0.278 e. The Kier molecular flexibility index (Phi) is 2.22. The number of nitrogens with one attached hydrogen (secondary N) is 1. The third kappa shape index (κ3) is 1.30. The lowest BCUT2D eigenvalue weighted by molar-refractivity contribution is 0.145. The van der Waals surface area contributed by atoms with E-state index in [-0.39, 0.29) is 4.47 Å². The normalized spacial score (nSPS) is 11.5. The molecule has 0 unspecified atom stereocenters. The van der Waals surface area contributed by atoms with Gasteiger partial charge in [-0.3, -0.25) is 5.10 Å². The van der Waals surface area contributed by atoms with E-state index in [2.05, 4.69) is 26.1 Å². The Hall–Kier alpha value is -1.04. The molecule has 0 radical (unpaired) electrons. The average Bonchev–Trinajstić information content (AvgIpc) is 2.50. The van der Waals surface area contributed by atoms with Crippen LogP contribution in [0.5, 0.6) is 0 Å². The first-order valence-corrected chi connectivity index (χ1v) is 4.49. The van der Waals surface area contributed by atoms with Crippen LogP contribution in [-0.2, 0) is 0 Å². The number of fused-ring (bicyclic) bond motifs is 1. The van der Waals surface area contributed by atoms with Crippen LogP contribution in [-0.4, -0.2) is 10.2 Å². The fourth-order valence-electron chi connectivity index (χ4n) is 1.24. The van der Waals surface area contributed by atoms with Gasteiger partial charge in [0.2, 0.25) is 0 Å². The Bertz CT molecular complexity index is 481. The highest BCUT2D eigenvalue weighted by molar-refractivity contribution is 9.10. The van der Waals surface area contributed by atoms with Crippen LogP contribution in [0.25, 0.3) is 10.9 Å². The molecule has 6 heteroatoms. The predicted octanol–water partition coefficient (Wildman–Crippen LogP) is 3.40. The van der Waals surface area contributed by atoms with Gasteiger partial charge in [0.1, 0.15) is 5.82 Å². The van der Waals surface area contributed by atoms with Gasteiger partial charge in [0.15, 0.2) is 0 Å². The van der Waals surface area contributed by atoms with E-state index in [9.17, 15) is 13.2 Å². The maximum atomic E-state index is 13.2. The minimum absolute atomic E-state index is 0.0521. The van der Waals surface area contributed by atoms with E-state index in [0.717, 1.165) is 6.07 Å². The van der Waals surface area contributed by atoms with Crippen molar-refractivity contribution < 1.29 is 13.2 Å². The molecule has 1 aromatic heterocycles. The molecule has 0 spiro atoms. The summed E-state index contributed by atoms with van der Waals surface area (Å²) < 4.78 is 38.0. The summed E-state index contributed by atoms with van der Waals surface area (Å²) in [4.78, 5) is 0. The van der Waals surface area contributed by atoms with Crippen LogP contribution in [0.15, 0.2) is 16.7 Å². The van der Waals surface area contributed by atoms with E-state index < -0.39 is 17.8 Å². The lowest BCUT2D eigenvalue weighted by Crippen LogP contribution is -1.92. The van der Waals surface area contributed by atoms with E-state index in [1.807, 2.05) is 0 Å². The fraction of sp³-hybridized carbons (Fsp3) is 0.125. The van der Waals surface area contributed by atoms with Crippen LogP contribution in [0.2, 0.25) is 0 Å². The third-order valence-electron chi connectivity index (χ3n) is 1.89. The number of H-pyrrole nitrogens is 1. The number of rotatable bonds is 1. The van der Waals surface area contributed by atoms with Crippen molar-refractivity contribution in [3.05, 3.63) is 28.1 Å². The Balaban J connectivity index is 2.82. The fourth-order valence-corrected chi connectivity index (χ4v) is 1.91. The number of halogens is 4. The van der Waals surface area contributed by atoms with Crippen molar-refractivity contribution >= 4 is 26.8 Å². The van der Waals surface area contributed by atoms with Gasteiger partial charge >= 0.3 is 0 Å². The predicted molar refractivity (Wildman–Crippen MR) is 48.7 cm³/mol. The van der Waals surface area contributed by atoms with Crippen LogP contribution in [0.4, 0.5) is 13.2 Å². The number of nitrogens with zero attached hydrogens (tertiary/aromatic N) is 1. The average molecular weight is 265 g/mol. The summed E-state index contributed by atoms with van der Waals surface area (Å²) in [6.07, 6.45) is -1.48. The van der Waals surface area contributed by atoms with Crippen molar-refractivity contribution in [1.29, 1.82) is 0 Å². The van der Waals surface area contributed by atoms with Gasteiger partial charge < -0.3 is 0 Å². The second-order valence-corrected chi connectivity index (χ2v) is 3.51. The molecule has 1 aromatic carbocycles. The summed E-state index contributed by atoms with van der Waals surface area (Å²) in [7, 11) is 0. The first kappa shape index (κ1) is 9.51. The van der Waals surface area contributed by atoms with E-state index in [4.69, 9.17) is 0 Å². The molecule has 0 saturated carbocycles. The monoisotopic (exact) mass is 264 g/mol. The molecule has 0 saturated heterocycles. The summed E-state index contributed by atoms with van der Waals surface area (Å²) in [6.45, 7) is 0. The molecule has 0 aliphatic carbocycles. The Morgan fingerprint density at radius 3 is 2.79 bits per heavy atom. The number of hydrogen-bond acceptors (Lipinski definition) is 1. The van der Waals surface area contributed by atoms with Gasteiger partial charge in [-0.1, -0.05) is 0 Å². The third-order valence-corrected chi connectivity index (χ3v) is 2.74. The molecule has 1 N–H and O–H groups in total. The summed E-state index contributed by atoms with van der Waals surface area (Å²) in [5.41, 5.74) is -0.238. The van der Waals surface area contributed by atoms with Crippen LogP contribution in [0, 0.1) is 5.82 Å². The maximum Gasteiger partial charge on any atom is 0.267 e. The number of aromatic amines is 1. The lowest BCUT2D eigenvalue weighted by Gasteiger charge is -2.05. The van der Waals surface area contributed by atoms with Crippen LogP contribution in [0.1, 0.15) is 12.0 Å². The molecule has 14 heavy (non-hydrogen) atoms. The van der Waals surface area contributed by atoms with Crippen molar-refractivity contribution in [3.63, 3.8) is 0 Å². The van der Waals surface area contributed by atoms with E-state index in [1.54, 1.807) is 0 Å². The van der Waals surface area contributed by atoms with Crippen molar-refractivity contribution in [3.8, 4) is 0 Å². The first-order valence-electron chi connectivity index (χ1n) is 3.70. The van der Waals surface area contributed by atoms with Gasteiger partial charge in [0.25, 0.3) is 6.43 Å². The maximum absolute atomic E-state index is 13.2. The minimum atomic E-state index is -2.84. The zero-order valence-corrected chi connectivity index (χ0v) is 8.28. The van der Waals surface area contributed by atoms with Crippen molar-refractivity contribution in [2.75, 3.05) is 0 Å². The molecule has 1 heterocycles. The van der Waals surface area contributed by atoms with E-state index >= 15 is 0 Å². The van der Waals surface area contributed by atoms with Crippen molar-refractivity contribution in [2.45, 2.75) is 6.43 Å². The highest BCUT2D eigenvalue weighted by atomic mass is 79.9. The molecule has 0 amide bonds. The van der Waals surface area contributed by atoms with Gasteiger partial charge in [-0.15, -0.1) is 0 Å².